The molecule has 0 bridgehead atoms. The van der Waals surface area contributed by atoms with Crippen molar-refractivity contribution in [2.75, 3.05) is 20.2 Å². The third-order valence-corrected chi connectivity index (χ3v) is 4.10. The lowest BCUT2D eigenvalue weighted by atomic mass is 10.0. The summed E-state index contributed by atoms with van der Waals surface area (Å²) in [4.78, 5) is 13.9. The van der Waals surface area contributed by atoms with E-state index < -0.39 is 0 Å². The predicted octanol–water partition coefficient (Wildman–Crippen LogP) is 2.30. The van der Waals surface area contributed by atoms with Crippen molar-refractivity contribution < 1.29 is 9.53 Å². The Labute approximate surface area is 124 Å². The third kappa shape index (κ3) is 3.64. The van der Waals surface area contributed by atoms with Gasteiger partial charge in [0.15, 0.2) is 0 Å². The monoisotopic (exact) mass is 296 g/mol. The number of hydrogen-bond acceptors (Lipinski definition) is 3. The summed E-state index contributed by atoms with van der Waals surface area (Å²) >= 11 is 6.00. The number of carbonyl (C=O) groups is 1. The number of halogens is 1. The van der Waals surface area contributed by atoms with Crippen molar-refractivity contribution >= 4 is 17.5 Å². The lowest BCUT2D eigenvalue weighted by molar-refractivity contribution is -0.134. The number of nitrogens with two attached hydrogens (primary N) is 1. The van der Waals surface area contributed by atoms with Crippen molar-refractivity contribution in [1.29, 1.82) is 0 Å². The average Bonchev–Trinajstić information content (AvgIpc) is 2.86. The minimum absolute atomic E-state index is 0.00874. The van der Waals surface area contributed by atoms with Gasteiger partial charge >= 0.3 is 0 Å². The number of benzene rings is 1. The van der Waals surface area contributed by atoms with Gasteiger partial charge in [0, 0.05) is 13.1 Å². The topological polar surface area (TPSA) is 55.6 Å². The van der Waals surface area contributed by atoms with Crippen molar-refractivity contribution in [2.45, 2.75) is 25.3 Å². The first-order valence-corrected chi connectivity index (χ1v) is 7.35. The highest BCUT2D eigenvalue weighted by molar-refractivity contribution is 6.32. The van der Waals surface area contributed by atoms with Gasteiger partial charge in [0.1, 0.15) is 12.4 Å². The molecule has 4 nitrogen and oxygen atoms in total. The van der Waals surface area contributed by atoms with Crippen LogP contribution in [0.3, 0.4) is 0 Å². The average molecular weight is 297 g/mol. The Morgan fingerprint density at radius 2 is 2.20 bits per heavy atom. The van der Waals surface area contributed by atoms with E-state index in [2.05, 4.69) is 0 Å². The van der Waals surface area contributed by atoms with Gasteiger partial charge < -0.3 is 15.4 Å². The summed E-state index contributed by atoms with van der Waals surface area (Å²) in [6, 6.07) is 7.33. The molecule has 0 radical (unpaired) electrons. The Hall–Kier alpha value is -1.26. The first-order chi connectivity index (χ1) is 9.59. The minimum atomic E-state index is -0.0275. The molecule has 0 aliphatic heterocycles. The van der Waals surface area contributed by atoms with Crippen molar-refractivity contribution in [3.8, 4) is 5.75 Å². The molecule has 2 N–H and O–H groups in total. The normalized spacial score (nSPS) is 21.8. The van der Waals surface area contributed by atoms with E-state index in [4.69, 9.17) is 22.1 Å². The Balaban J connectivity index is 1.79. The number of hydrogen-bond donors (Lipinski definition) is 1. The summed E-state index contributed by atoms with van der Waals surface area (Å²) in [5.41, 5.74) is 5.96. The molecule has 0 saturated heterocycles. The highest BCUT2D eigenvalue weighted by Gasteiger charge is 2.31. The molecule has 1 aliphatic carbocycles. The zero-order valence-electron chi connectivity index (χ0n) is 11.7. The van der Waals surface area contributed by atoms with Gasteiger partial charge in [-0.1, -0.05) is 30.2 Å². The number of rotatable bonds is 5. The maximum absolute atomic E-state index is 12.2. The zero-order valence-corrected chi connectivity index (χ0v) is 12.5. The molecule has 0 spiro atoms. The second kappa shape index (κ2) is 6.95. The highest BCUT2D eigenvalue weighted by atomic mass is 35.5. The van der Waals surface area contributed by atoms with E-state index >= 15 is 0 Å². The van der Waals surface area contributed by atoms with Crippen LogP contribution in [0.1, 0.15) is 19.3 Å². The lowest BCUT2D eigenvalue weighted by Gasteiger charge is -2.23. The van der Waals surface area contributed by atoms with Crippen molar-refractivity contribution in [2.24, 2.45) is 11.7 Å². The molecule has 2 rings (SSSR count). The molecule has 0 aromatic heterocycles. The summed E-state index contributed by atoms with van der Waals surface area (Å²) in [6.45, 7) is 0.960. The number of ether oxygens (including phenoxy) is 1. The number of para-hydroxylation sites is 1. The molecule has 5 heteroatoms. The van der Waals surface area contributed by atoms with E-state index in [1.807, 2.05) is 18.2 Å². The maximum Gasteiger partial charge on any atom is 0.227 e. The molecule has 1 amide bonds. The molecule has 110 valence electrons. The number of amides is 1. The van der Waals surface area contributed by atoms with Gasteiger partial charge in [-0.25, -0.2) is 0 Å². The second-order valence-electron chi connectivity index (χ2n) is 5.24. The molecule has 1 aromatic carbocycles. The van der Waals surface area contributed by atoms with Gasteiger partial charge in [-0.2, -0.15) is 0 Å². The summed E-state index contributed by atoms with van der Waals surface area (Å²) in [5, 5.41) is 0.583. The van der Waals surface area contributed by atoms with Crippen LogP contribution in [-0.4, -0.2) is 37.0 Å². The highest BCUT2D eigenvalue weighted by Crippen LogP contribution is 2.26. The molecule has 1 saturated carbocycles. The fraction of sp³-hybridized carbons (Fsp3) is 0.533. The minimum Gasteiger partial charge on any atom is -0.490 e. The zero-order chi connectivity index (χ0) is 14.5. The molecule has 1 aliphatic rings. The summed E-state index contributed by atoms with van der Waals surface area (Å²) in [6.07, 6.45) is 2.89. The quantitative estimate of drug-likeness (QED) is 0.907. The van der Waals surface area contributed by atoms with Crippen molar-refractivity contribution in [3.05, 3.63) is 29.3 Å². The van der Waals surface area contributed by atoms with Crippen LogP contribution < -0.4 is 10.5 Å². The number of likely N-dealkylation sites (N-methyl/N-ethyl adjacent to an activating group) is 1. The Bertz CT molecular complexity index is 467. The van der Waals surface area contributed by atoms with E-state index in [1.54, 1.807) is 18.0 Å². The summed E-state index contributed by atoms with van der Waals surface area (Å²) in [7, 11) is 1.79. The Morgan fingerprint density at radius 3 is 2.85 bits per heavy atom. The van der Waals surface area contributed by atoms with E-state index in [-0.39, 0.29) is 17.9 Å². The van der Waals surface area contributed by atoms with Gasteiger partial charge in [0.05, 0.1) is 17.5 Å². The van der Waals surface area contributed by atoms with Crippen LogP contribution in [0.25, 0.3) is 0 Å². The van der Waals surface area contributed by atoms with Crippen LogP contribution in [0, 0.1) is 5.92 Å². The smallest absolute Gasteiger partial charge is 0.227 e. The van der Waals surface area contributed by atoms with Crippen molar-refractivity contribution in [1.82, 2.24) is 4.90 Å². The van der Waals surface area contributed by atoms with E-state index in [1.165, 1.54) is 0 Å². The van der Waals surface area contributed by atoms with Crippen LogP contribution in [0.2, 0.25) is 5.02 Å². The van der Waals surface area contributed by atoms with Gasteiger partial charge in [-0.3, -0.25) is 4.79 Å². The van der Waals surface area contributed by atoms with E-state index in [9.17, 15) is 4.79 Å². The lowest BCUT2D eigenvalue weighted by Crippen LogP contribution is -2.41. The standard InChI is InChI=1S/C15H21ClN2O2/c1-18(15(19)11-5-4-7-13(11)17)9-10-20-14-8-3-2-6-12(14)16/h2-3,6,8,11,13H,4-5,7,9-10,17H2,1H3. The fourth-order valence-corrected chi connectivity index (χ4v) is 2.73. The van der Waals surface area contributed by atoms with Crippen LogP contribution in [-0.2, 0) is 4.79 Å². The third-order valence-electron chi connectivity index (χ3n) is 3.78. The van der Waals surface area contributed by atoms with Crippen LogP contribution in [0.4, 0.5) is 0 Å². The van der Waals surface area contributed by atoms with Crippen molar-refractivity contribution in [3.63, 3.8) is 0 Å². The van der Waals surface area contributed by atoms with Gasteiger partial charge in [0.2, 0.25) is 5.91 Å². The summed E-state index contributed by atoms with van der Waals surface area (Å²) < 4.78 is 5.59. The first-order valence-electron chi connectivity index (χ1n) is 6.97. The molecule has 2 atom stereocenters. The first kappa shape index (κ1) is 15.1. The predicted molar refractivity (Wildman–Crippen MR) is 79.9 cm³/mol. The molecule has 20 heavy (non-hydrogen) atoms. The van der Waals surface area contributed by atoms with Gasteiger partial charge in [-0.15, -0.1) is 0 Å². The number of carbonyl (C=O) groups excluding carboxylic acids is 1. The SMILES string of the molecule is CN(CCOc1ccccc1Cl)C(=O)C1CCCC1N. The van der Waals surface area contributed by atoms with Gasteiger partial charge in [-0.05, 0) is 25.0 Å². The number of nitrogens with zero attached hydrogens (tertiary/aromatic N) is 1. The molecule has 0 heterocycles. The molecule has 1 fully saturated rings. The summed E-state index contributed by atoms with van der Waals surface area (Å²) in [5.74, 6) is 0.741. The molecular weight excluding hydrogens is 276 g/mol. The van der Waals surface area contributed by atoms with E-state index in [0.29, 0.717) is 23.9 Å². The van der Waals surface area contributed by atoms with Gasteiger partial charge in [0.25, 0.3) is 0 Å². The fourth-order valence-electron chi connectivity index (χ4n) is 2.54. The second-order valence-corrected chi connectivity index (χ2v) is 5.65. The largest absolute Gasteiger partial charge is 0.490 e. The van der Waals surface area contributed by atoms with Crippen LogP contribution in [0.5, 0.6) is 5.75 Å². The Morgan fingerprint density at radius 1 is 1.45 bits per heavy atom. The van der Waals surface area contributed by atoms with E-state index in [0.717, 1.165) is 19.3 Å². The van der Waals surface area contributed by atoms with Crippen LogP contribution >= 0.6 is 11.6 Å². The maximum atomic E-state index is 12.2. The van der Waals surface area contributed by atoms with Crippen LogP contribution in [0.15, 0.2) is 24.3 Å². The molecular formula is C15H21ClN2O2. The Kier molecular flexibility index (Phi) is 5.26. The molecule has 1 aromatic rings. The molecule has 2 unspecified atom stereocenters.